The number of hydrogen-bond acceptors (Lipinski definition) is 4. The molecular formula is C11H23N3O2S. The fourth-order valence-corrected chi connectivity index (χ4v) is 2.73. The third-order valence-corrected chi connectivity index (χ3v) is 5.15. The van der Waals surface area contributed by atoms with Crippen LogP contribution in [0.3, 0.4) is 0 Å². The smallest absolute Gasteiger partial charge is 0.230 e. The second kappa shape index (κ2) is 6.94. The van der Waals surface area contributed by atoms with Crippen LogP contribution in [0.15, 0.2) is 0 Å². The zero-order valence-electron chi connectivity index (χ0n) is 11.0. The minimum Gasteiger partial charge on any atom is -0.327 e. The van der Waals surface area contributed by atoms with E-state index in [4.69, 9.17) is 11.0 Å². The van der Waals surface area contributed by atoms with Gasteiger partial charge < -0.3 is 5.73 Å². The SMILES string of the molecule is CCC(C#N)S(=O)(=O)N(C)CCC(N)C(C)C. The molecule has 0 spiro atoms. The molecule has 0 amide bonds. The largest absolute Gasteiger partial charge is 0.327 e. The van der Waals surface area contributed by atoms with Crippen LogP contribution >= 0.6 is 0 Å². The van der Waals surface area contributed by atoms with Crippen LogP contribution in [0.25, 0.3) is 0 Å². The maximum absolute atomic E-state index is 11.9. The van der Waals surface area contributed by atoms with Crippen LogP contribution < -0.4 is 5.73 Å². The molecule has 2 unspecified atom stereocenters. The molecule has 0 radical (unpaired) electrons. The first-order valence-electron chi connectivity index (χ1n) is 5.87. The lowest BCUT2D eigenvalue weighted by molar-refractivity contribution is 0.395. The summed E-state index contributed by atoms with van der Waals surface area (Å²) in [6.45, 7) is 6.06. The van der Waals surface area contributed by atoms with Crippen LogP contribution in [0.1, 0.15) is 33.6 Å². The number of nitrogens with two attached hydrogens (primary N) is 1. The van der Waals surface area contributed by atoms with Crippen LogP contribution in [0, 0.1) is 17.2 Å². The normalized spacial score (nSPS) is 15.9. The standard InChI is InChI=1S/C11H23N3O2S/c1-5-10(8-12)17(15,16)14(4)7-6-11(13)9(2)3/h9-11H,5-7,13H2,1-4H3. The Labute approximate surface area is 105 Å². The van der Waals surface area contributed by atoms with Gasteiger partial charge in [-0.1, -0.05) is 20.8 Å². The van der Waals surface area contributed by atoms with Crippen molar-refractivity contribution in [3.8, 4) is 6.07 Å². The van der Waals surface area contributed by atoms with Crippen molar-refractivity contribution in [1.29, 1.82) is 5.26 Å². The Hall–Kier alpha value is -0.640. The van der Waals surface area contributed by atoms with Gasteiger partial charge in [-0.25, -0.2) is 12.7 Å². The molecule has 0 aromatic carbocycles. The summed E-state index contributed by atoms with van der Waals surface area (Å²) in [6, 6.07) is 1.80. The molecule has 0 aliphatic carbocycles. The molecule has 0 saturated heterocycles. The maximum atomic E-state index is 11.9. The summed E-state index contributed by atoms with van der Waals surface area (Å²) in [5.41, 5.74) is 5.86. The van der Waals surface area contributed by atoms with E-state index in [-0.39, 0.29) is 6.04 Å². The van der Waals surface area contributed by atoms with Gasteiger partial charge in [0.25, 0.3) is 0 Å². The van der Waals surface area contributed by atoms with Gasteiger partial charge in [-0.2, -0.15) is 5.26 Å². The topological polar surface area (TPSA) is 87.2 Å². The summed E-state index contributed by atoms with van der Waals surface area (Å²) < 4.78 is 25.1. The minimum absolute atomic E-state index is 0.0187. The summed E-state index contributed by atoms with van der Waals surface area (Å²) in [6.07, 6.45) is 0.911. The third-order valence-electron chi connectivity index (χ3n) is 2.94. The van der Waals surface area contributed by atoms with Gasteiger partial charge >= 0.3 is 0 Å². The lowest BCUT2D eigenvalue weighted by atomic mass is 10.0. The van der Waals surface area contributed by atoms with E-state index in [2.05, 4.69) is 0 Å². The molecule has 0 aromatic rings. The van der Waals surface area contributed by atoms with Gasteiger partial charge in [0.15, 0.2) is 5.25 Å². The highest BCUT2D eigenvalue weighted by molar-refractivity contribution is 7.89. The molecule has 0 heterocycles. The molecule has 100 valence electrons. The number of rotatable bonds is 7. The monoisotopic (exact) mass is 261 g/mol. The van der Waals surface area contributed by atoms with Crippen molar-refractivity contribution in [2.75, 3.05) is 13.6 Å². The van der Waals surface area contributed by atoms with E-state index in [9.17, 15) is 8.42 Å². The molecule has 0 aliphatic rings. The van der Waals surface area contributed by atoms with Gasteiger partial charge in [-0.05, 0) is 18.8 Å². The van der Waals surface area contributed by atoms with Crippen LogP contribution in [0.5, 0.6) is 0 Å². The van der Waals surface area contributed by atoms with Gasteiger partial charge in [0.2, 0.25) is 10.0 Å². The van der Waals surface area contributed by atoms with Gasteiger partial charge in [0.1, 0.15) is 0 Å². The van der Waals surface area contributed by atoms with Crippen molar-refractivity contribution in [3.63, 3.8) is 0 Å². The lowest BCUT2D eigenvalue weighted by Crippen LogP contribution is -2.38. The van der Waals surface area contributed by atoms with Gasteiger partial charge in [-0.3, -0.25) is 0 Å². The van der Waals surface area contributed by atoms with E-state index in [1.165, 1.54) is 11.4 Å². The fraction of sp³-hybridized carbons (Fsp3) is 0.909. The Bertz CT molecular complexity index is 359. The van der Waals surface area contributed by atoms with Crippen LogP contribution in [0.4, 0.5) is 0 Å². The third kappa shape index (κ3) is 4.62. The molecule has 5 nitrogen and oxygen atoms in total. The van der Waals surface area contributed by atoms with E-state index in [1.54, 1.807) is 6.92 Å². The Morgan fingerprint density at radius 3 is 2.29 bits per heavy atom. The van der Waals surface area contributed by atoms with Crippen molar-refractivity contribution in [3.05, 3.63) is 0 Å². The zero-order valence-corrected chi connectivity index (χ0v) is 11.9. The molecule has 0 saturated carbocycles. The molecular weight excluding hydrogens is 238 g/mol. The summed E-state index contributed by atoms with van der Waals surface area (Å²) in [4.78, 5) is 0. The molecule has 0 aliphatic heterocycles. The molecule has 0 fully saturated rings. The van der Waals surface area contributed by atoms with Crippen molar-refractivity contribution in [2.24, 2.45) is 11.7 Å². The number of nitrogens with zero attached hydrogens (tertiary/aromatic N) is 2. The molecule has 17 heavy (non-hydrogen) atoms. The average Bonchev–Trinajstić information content (AvgIpc) is 2.26. The quantitative estimate of drug-likeness (QED) is 0.738. The maximum Gasteiger partial charge on any atom is 0.230 e. The fourth-order valence-electron chi connectivity index (χ4n) is 1.38. The first-order chi connectivity index (χ1) is 7.77. The van der Waals surface area contributed by atoms with E-state index in [0.717, 1.165) is 0 Å². The molecule has 0 rings (SSSR count). The van der Waals surface area contributed by atoms with E-state index >= 15 is 0 Å². The van der Waals surface area contributed by atoms with E-state index in [0.29, 0.717) is 25.3 Å². The van der Waals surface area contributed by atoms with E-state index < -0.39 is 15.3 Å². The second-order valence-electron chi connectivity index (χ2n) is 4.59. The highest BCUT2D eigenvalue weighted by Gasteiger charge is 2.28. The van der Waals surface area contributed by atoms with Crippen molar-refractivity contribution >= 4 is 10.0 Å². The Morgan fingerprint density at radius 1 is 1.41 bits per heavy atom. The van der Waals surface area contributed by atoms with Crippen molar-refractivity contribution in [2.45, 2.75) is 44.9 Å². The predicted octanol–water partition coefficient (Wildman–Crippen LogP) is 0.924. The zero-order chi connectivity index (χ0) is 13.6. The molecule has 0 bridgehead atoms. The van der Waals surface area contributed by atoms with Crippen molar-refractivity contribution in [1.82, 2.24) is 4.31 Å². The summed E-state index contributed by atoms with van der Waals surface area (Å²) in [5, 5.41) is 7.84. The second-order valence-corrected chi connectivity index (χ2v) is 6.81. The first-order valence-corrected chi connectivity index (χ1v) is 7.38. The van der Waals surface area contributed by atoms with E-state index in [1.807, 2.05) is 19.9 Å². The predicted molar refractivity (Wildman–Crippen MR) is 68.7 cm³/mol. The highest BCUT2D eigenvalue weighted by Crippen LogP contribution is 2.12. The van der Waals surface area contributed by atoms with Crippen LogP contribution in [-0.2, 0) is 10.0 Å². The number of sulfonamides is 1. The highest BCUT2D eigenvalue weighted by atomic mass is 32.2. The Kier molecular flexibility index (Phi) is 6.68. The Balaban J connectivity index is 4.51. The lowest BCUT2D eigenvalue weighted by Gasteiger charge is -2.22. The summed E-state index contributed by atoms with van der Waals surface area (Å²) in [7, 11) is -2.00. The number of nitriles is 1. The average molecular weight is 261 g/mol. The number of hydrogen-bond donors (Lipinski definition) is 1. The first kappa shape index (κ1) is 16.4. The Morgan fingerprint density at radius 2 is 1.94 bits per heavy atom. The molecule has 6 heteroatoms. The van der Waals surface area contributed by atoms with Crippen molar-refractivity contribution < 1.29 is 8.42 Å². The molecule has 2 atom stereocenters. The van der Waals surface area contributed by atoms with Gasteiger partial charge in [0, 0.05) is 19.6 Å². The van der Waals surface area contributed by atoms with Crippen LogP contribution in [0.2, 0.25) is 0 Å². The summed E-state index contributed by atoms with van der Waals surface area (Å²) >= 11 is 0. The van der Waals surface area contributed by atoms with Gasteiger partial charge in [-0.15, -0.1) is 0 Å². The van der Waals surface area contributed by atoms with Crippen LogP contribution in [-0.4, -0.2) is 37.6 Å². The molecule has 0 aromatic heterocycles. The molecule has 2 N–H and O–H groups in total. The summed E-state index contributed by atoms with van der Waals surface area (Å²) in [5.74, 6) is 0.323. The minimum atomic E-state index is -3.51. The van der Waals surface area contributed by atoms with Gasteiger partial charge in [0.05, 0.1) is 6.07 Å².